The van der Waals surface area contributed by atoms with Crippen molar-refractivity contribution in [3.8, 4) is 0 Å². The van der Waals surface area contributed by atoms with Crippen molar-refractivity contribution in [3.63, 3.8) is 0 Å². The number of hydrogen-bond donors (Lipinski definition) is 0. The Morgan fingerprint density at radius 1 is 0.625 bits per heavy atom. The fourth-order valence-electron chi connectivity index (χ4n) is 1.89. The third-order valence-corrected chi connectivity index (χ3v) is 11.1. The Balaban J connectivity index is 4.48. The van der Waals surface area contributed by atoms with E-state index in [2.05, 4.69) is 13.8 Å². The largest absolute Gasteiger partial charge is 0.398 e. The van der Waals surface area contributed by atoms with Crippen LogP contribution in [-0.2, 0) is 17.7 Å². The van der Waals surface area contributed by atoms with Gasteiger partial charge in [-0.15, -0.1) is 0 Å². The lowest BCUT2D eigenvalue weighted by Crippen LogP contribution is -2.45. The van der Waals surface area contributed by atoms with Gasteiger partial charge in [0.2, 0.25) is 0 Å². The molecule has 4 nitrogen and oxygen atoms in total. The Morgan fingerprint density at radius 2 is 0.875 bits per heavy atom. The maximum absolute atomic E-state index is 5.59. The molecule has 0 unspecified atom stereocenters. The van der Waals surface area contributed by atoms with Gasteiger partial charge >= 0.3 is 17.1 Å². The van der Waals surface area contributed by atoms with Crippen molar-refractivity contribution in [2.75, 3.05) is 28.4 Å². The van der Waals surface area contributed by atoms with Gasteiger partial charge in [0.15, 0.2) is 0 Å². The first-order valence-electron chi connectivity index (χ1n) is 5.78. The summed E-state index contributed by atoms with van der Waals surface area (Å²) in [5.41, 5.74) is 0. The predicted octanol–water partition coefficient (Wildman–Crippen LogP) is 2.50. The second kappa shape index (κ2) is 7.57. The summed E-state index contributed by atoms with van der Waals surface area (Å²) >= 11 is 0. The van der Waals surface area contributed by atoms with E-state index >= 15 is 0 Å². The first-order chi connectivity index (χ1) is 7.57. The van der Waals surface area contributed by atoms with Crippen LogP contribution in [0.3, 0.4) is 0 Å². The molecule has 0 spiro atoms. The normalized spacial score (nSPS) is 13.1. The molecule has 16 heavy (non-hydrogen) atoms. The molecule has 0 aromatic heterocycles. The van der Waals surface area contributed by atoms with Crippen LogP contribution < -0.4 is 0 Å². The van der Waals surface area contributed by atoms with Crippen LogP contribution in [0.5, 0.6) is 0 Å². The van der Waals surface area contributed by atoms with Crippen molar-refractivity contribution >= 4 is 17.1 Å². The van der Waals surface area contributed by atoms with Crippen molar-refractivity contribution in [1.29, 1.82) is 0 Å². The molecule has 0 N–H and O–H groups in total. The van der Waals surface area contributed by atoms with E-state index in [1.165, 1.54) is 0 Å². The Kier molecular flexibility index (Phi) is 7.70. The van der Waals surface area contributed by atoms with E-state index in [9.17, 15) is 0 Å². The highest BCUT2D eigenvalue weighted by Gasteiger charge is 2.40. The first kappa shape index (κ1) is 16.3. The van der Waals surface area contributed by atoms with Crippen LogP contribution in [0, 0.1) is 0 Å². The molecule has 0 aliphatic carbocycles. The zero-order valence-corrected chi connectivity index (χ0v) is 13.5. The van der Waals surface area contributed by atoms with E-state index in [-0.39, 0.29) is 0 Å². The van der Waals surface area contributed by atoms with Crippen molar-refractivity contribution in [3.05, 3.63) is 0 Å². The minimum atomic E-state index is -2.00. The number of hydrogen-bond acceptors (Lipinski definition) is 4. The Bertz CT molecular complexity index is 145. The monoisotopic (exact) mass is 266 g/mol. The second-order valence-electron chi connectivity index (χ2n) is 3.84. The molecule has 0 fully saturated rings. The topological polar surface area (TPSA) is 36.9 Å². The van der Waals surface area contributed by atoms with Crippen molar-refractivity contribution < 1.29 is 17.7 Å². The van der Waals surface area contributed by atoms with Crippen LogP contribution in [0.1, 0.15) is 13.8 Å². The minimum absolute atomic E-state index is 0.943. The highest BCUT2D eigenvalue weighted by atomic mass is 28.4. The van der Waals surface area contributed by atoms with Gasteiger partial charge in [0.1, 0.15) is 0 Å². The van der Waals surface area contributed by atoms with E-state index in [1.807, 2.05) is 0 Å². The molecule has 0 aromatic carbocycles. The van der Waals surface area contributed by atoms with Crippen molar-refractivity contribution in [2.24, 2.45) is 0 Å². The van der Waals surface area contributed by atoms with Gasteiger partial charge in [-0.3, -0.25) is 0 Å². The highest BCUT2D eigenvalue weighted by Crippen LogP contribution is 2.27. The SMILES string of the molecule is CC[Si](CC[Si](CC)(OC)OC)(OC)OC. The van der Waals surface area contributed by atoms with Gasteiger partial charge in [-0.2, -0.15) is 0 Å². The van der Waals surface area contributed by atoms with E-state index < -0.39 is 17.1 Å². The summed E-state index contributed by atoms with van der Waals surface area (Å²) in [6, 6.07) is 3.81. The van der Waals surface area contributed by atoms with Gasteiger partial charge in [0, 0.05) is 28.4 Å². The molecule has 0 bridgehead atoms. The van der Waals surface area contributed by atoms with E-state index in [4.69, 9.17) is 17.7 Å². The Labute approximate surface area is 102 Å². The zero-order valence-electron chi connectivity index (χ0n) is 11.5. The van der Waals surface area contributed by atoms with Gasteiger partial charge in [0.25, 0.3) is 0 Å². The molecule has 0 radical (unpaired) electrons. The predicted molar refractivity (Wildman–Crippen MR) is 70.1 cm³/mol. The fourth-order valence-corrected chi connectivity index (χ4v) is 7.95. The van der Waals surface area contributed by atoms with Crippen molar-refractivity contribution in [1.82, 2.24) is 0 Å². The lowest BCUT2D eigenvalue weighted by atomic mass is 10.9. The van der Waals surface area contributed by atoms with Crippen LogP contribution in [0.25, 0.3) is 0 Å². The summed E-state index contributed by atoms with van der Waals surface area (Å²) in [5.74, 6) is 0. The summed E-state index contributed by atoms with van der Waals surface area (Å²) in [6.45, 7) is 4.24. The summed E-state index contributed by atoms with van der Waals surface area (Å²) in [4.78, 5) is 0. The minimum Gasteiger partial charge on any atom is -0.398 e. The third-order valence-electron chi connectivity index (χ3n) is 3.45. The molecule has 0 aromatic rings. The molecule has 6 heteroatoms. The average molecular weight is 266 g/mol. The Hall–Kier alpha value is 0.274. The van der Waals surface area contributed by atoms with Crippen LogP contribution in [-0.4, -0.2) is 45.6 Å². The molecule has 0 atom stereocenters. The zero-order chi connectivity index (χ0) is 12.7. The summed E-state index contributed by atoms with van der Waals surface area (Å²) in [7, 11) is 2.97. The van der Waals surface area contributed by atoms with Crippen LogP contribution >= 0.6 is 0 Å². The first-order valence-corrected chi connectivity index (χ1v) is 10.2. The van der Waals surface area contributed by atoms with E-state index in [0.717, 1.165) is 24.2 Å². The average Bonchev–Trinajstić information content (AvgIpc) is 2.37. The lowest BCUT2D eigenvalue weighted by Gasteiger charge is -2.31. The summed E-state index contributed by atoms with van der Waals surface area (Å²) in [6.07, 6.45) is 0. The second-order valence-corrected chi connectivity index (χ2v) is 11.5. The molecule has 0 saturated heterocycles. The van der Waals surface area contributed by atoms with Crippen LogP contribution in [0.4, 0.5) is 0 Å². The lowest BCUT2D eigenvalue weighted by molar-refractivity contribution is 0.229. The van der Waals surface area contributed by atoms with E-state index in [0.29, 0.717) is 0 Å². The molecule has 0 rings (SSSR count). The molecule has 0 amide bonds. The van der Waals surface area contributed by atoms with Crippen LogP contribution in [0.2, 0.25) is 24.2 Å². The molecule has 0 saturated carbocycles. The summed E-state index contributed by atoms with van der Waals surface area (Å²) < 4.78 is 22.4. The molecule has 0 heterocycles. The van der Waals surface area contributed by atoms with Gasteiger partial charge in [-0.1, -0.05) is 13.8 Å². The van der Waals surface area contributed by atoms with Gasteiger partial charge < -0.3 is 17.7 Å². The third kappa shape index (κ3) is 3.94. The maximum Gasteiger partial charge on any atom is 0.337 e. The highest BCUT2D eigenvalue weighted by molar-refractivity contribution is 6.72. The summed E-state index contributed by atoms with van der Waals surface area (Å²) in [5, 5.41) is 0. The maximum atomic E-state index is 5.59. The van der Waals surface area contributed by atoms with E-state index in [1.54, 1.807) is 28.4 Å². The molecule has 98 valence electrons. The molecular formula is C10H26O4Si2. The molecular weight excluding hydrogens is 240 g/mol. The van der Waals surface area contributed by atoms with Gasteiger partial charge in [-0.25, -0.2) is 0 Å². The smallest absolute Gasteiger partial charge is 0.337 e. The van der Waals surface area contributed by atoms with Crippen molar-refractivity contribution in [2.45, 2.75) is 38.0 Å². The molecule has 0 aliphatic heterocycles. The fraction of sp³-hybridized carbons (Fsp3) is 1.00. The van der Waals surface area contributed by atoms with Gasteiger partial charge in [0.05, 0.1) is 0 Å². The number of rotatable bonds is 9. The standard InChI is InChI=1S/C10H26O4Si2/c1-7-15(11-3,12-4)9-10-16(8-2,13-5)14-6/h7-10H2,1-6H3. The quantitative estimate of drug-likeness (QED) is 0.601. The van der Waals surface area contributed by atoms with Gasteiger partial charge in [-0.05, 0) is 24.2 Å². The van der Waals surface area contributed by atoms with Crippen LogP contribution in [0.15, 0.2) is 0 Å². The Morgan fingerprint density at radius 3 is 1.00 bits per heavy atom. The molecule has 0 aliphatic rings.